The number of halogens is 1. The number of hydrogen-bond acceptors (Lipinski definition) is 1. The van der Waals surface area contributed by atoms with E-state index >= 15 is 0 Å². The lowest BCUT2D eigenvalue weighted by atomic mass is 10.0. The van der Waals surface area contributed by atoms with Gasteiger partial charge in [0, 0.05) is 10.0 Å². The van der Waals surface area contributed by atoms with Gasteiger partial charge >= 0.3 is 0 Å². The van der Waals surface area contributed by atoms with Crippen molar-refractivity contribution in [2.24, 2.45) is 0 Å². The van der Waals surface area contributed by atoms with Crippen molar-refractivity contribution in [3.05, 3.63) is 64.1 Å². The largest absolute Gasteiger partial charge is 0.481 e. The smallest absolute Gasteiger partial charge is 0.149 e. The molecule has 0 unspecified atom stereocenters. The maximum atomic E-state index is 5.78. The molecule has 0 atom stereocenters. The number of rotatable bonds is 3. The molecule has 0 N–H and O–H groups in total. The monoisotopic (exact) mass is 328 g/mol. The van der Waals surface area contributed by atoms with Gasteiger partial charge in [0.25, 0.3) is 0 Å². The average Bonchev–Trinajstić information content (AvgIpc) is 2.45. The highest BCUT2D eigenvalue weighted by Crippen LogP contribution is 2.29. The van der Waals surface area contributed by atoms with Crippen molar-refractivity contribution < 1.29 is 4.74 Å². The van der Waals surface area contributed by atoms with Crippen LogP contribution in [0.5, 0.6) is 5.75 Å². The van der Waals surface area contributed by atoms with Gasteiger partial charge in [0.2, 0.25) is 0 Å². The van der Waals surface area contributed by atoms with E-state index in [0.29, 0.717) is 12.5 Å². The molecule has 102 valence electrons. The first-order valence-corrected chi connectivity index (χ1v) is 7.42. The van der Waals surface area contributed by atoms with Gasteiger partial charge < -0.3 is 4.74 Å². The van der Waals surface area contributed by atoms with Crippen LogP contribution in [0.25, 0.3) is 0 Å². The van der Waals surface area contributed by atoms with Crippen LogP contribution < -0.4 is 4.74 Å². The highest BCUT2D eigenvalue weighted by molar-refractivity contribution is 9.10. The lowest BCUT2D eigenvalue weighted by molar-refractivity contribution is 0.364. The van der Waals surface area contributed by atoms with Crippen LogP contribution in [0, 0.1) is 11.8 Å². The van der Waals surface area contributed by atoms with Crippen molar-refractivity contribution >= 4 is 15.9 Å². The zero-order chi connectivity index (χ0) is 14.4. The third kappa shape index (κ3) is 4.15. The van der Waals surface area contributed by atoms with E-state index in [0.717, 1.165) is 15.8 Å². The normalized spacial score (nSPS) is 10.0. The van der Waals surface area contributed by atoms with Crippen LogP contribution in [-0.2, 0) is 0 Å². The first-order valence-electron chi connectivity index (χ1n) is 6.63. The molecule has 0 aliphatic heterocycles. The SMILES string of the molecule is CC(C)c1cc(Br)ccc1OCC#Cc1ccccc1. The van der Waals surface area contributed by atoms with Crippen molar-refractivity contribution in [3.8, 4) is 17.6 Å². The summed E-state index contributed by atoms with van der Waals surface area (Å²) < 4.78 is 6.85. The van der Waals surface area contributed by atoms with Gasteiger partial charge in [-0.15, -0.1) is 0 Å². The molecule has 0 radical (unpaired) electrons. The summed E-state index contributed by atoms with van der Waals surface area (Å²) in [5, 5.41) is 0. The molecule has 1 nitrogen and oxygen atoms in total. The average molecular weight is 329 g/mol. The van der Waals surface area contributed by atoms with Gasteiger partial charge in [0.15, 0.2) is 0 Å². The summed E-state index contributed by atoms with van der Waals surface area (Å²) in [6.45, 7) is 4.71. The van der Waals surface area contributed by atoms with Crippen LogP contribution in [0.2, 0.25) is 0 Å². The van der Waals surface area contributed by atoms with Crippen LogP contribution in [0.1, 0.15) is 30.9 Å². The van der Waals surface area contributed by atoms with Gasteiger partial charge in [-0.3, -0.25) is 0 Å². The second kappa shape index (κ2) is 7.17. The van der Waals surface area contributed by atoms with Crippen molar-refractivity contribution in [3.63, 3.8) is 0 Å². The molecule has 2 heteroatoms. The Kier molecular flexibility index (Phi) is 5.26. The minimum Gasteiger partial charge on any atom is -0.481 e. The Hall–Kier alpha value is -1.72. The zero-order valence-corrected chi connectivity index (χ0v) is 13.3. The van der Waals surface area contributed by atoms with Crippen LogP contribution >= 0.6 is 15.9 Å². The first kappa shape index (κ1) is 14.7. The van der Waals surface area contributed by atoms with E-state index in [1.807, 2.05) is 42.5 Å². The van der Waals surface area contributed by atoms with Gasteiger partial charge in [-0.2, -0.15) is 0 Å². The molecule has 2 rings (SSSR count). The van der Waals surface area contributed by atoms with E-state index in [2.05, 4.69) is 47.7 Å². The molecular weight excluding hydrogens is 312 g/mol. The summed E-state index contributed by atoms with van der Waals surface area (Å²) in [5.41, 5.74) is 2.21. The molecule has 0 bridgehead atoms. The molecule has 0 spiro atoms. The molecule has 20 heavy (non-hydrogen) atoms. The summed E-state index contributed by atoms with van der Waals surface area (Å²) in [4.78, 5) is 0. The van der Waals surface area contributed by atoms with Crippen LogP contribution in [0.15, 0.2) is 53.0 Å². The number of ether oxygens (including phenoxy) is 1. The second-order valence-electron chi connectivity index (χ2n) is 4.79. The molecule has 0 saturated heterocycles. The minimum atomic E-state index is 0.399. The number of hydrogen-bond donors (Lipinski definition) is 0. The quantitative estimate of drug-likeness (QED) is 0.720. The molecule has 0 fully saturated rings. The molecule has 2 aromatic rings. The molecule has 0 saturated carbocycles. The predicted octanol–water partition coefficient (Wildman–Crippen LogP) is 5.00. The van der Waals surface area contributed by atoms with E-state index in [1.54, 1.807) is 0 Å². The fraction of sp³-hybridized carbons (Fsp3) is 0.222. The zero-order valence-electron chi connectivity index (χ0n) is 11.7. The molecule has 0 aliphatic rings. The Morgan fingerprint density at radius 1 is 1.10 bits per heavy atom. The van der Waals surface area contributed by atoms with E-state index < -0.39 is 0 Å². The van der Waals surface area contributed by atoms with Crippen LogP contribution in [0.4, 0.5) is 0 Å². The number of benzene rings is 2. The summed E-state index contributed by atoms with van der Waals surface area (Å²) in [7, 11) is 0. The molecule has 0 aromatic heterocycles. The topological polar surface area (TPSA) is 9.23 Å². The summed E-state index contributed by atoms with van der Waals surface area (Å²) in [5.74, 6) is 7.47. The third-order valence-corrected chi connectivity index (χ3v) is 3.39. The van der Waals surface area contributed by atoms with Crippen molar-refractivity contribution in [1.82, 2.24) is 0 Å². The Morgan fingerprint density at radius 2 is 1.85 bits per heavy atom. The summed E-state index contributed by atoms with van der Waals surface area (Å²) >= 11 is 3.49. The fourth-order valence-corrected chi connectivity index (χ4v) is 2.25. The van der Waals surface area contributed by atoms with E-state index in [-0.39, 0.29) is 0 Å². The highest BCUT2D eigenvalue weighted by atomic mass is 79.9. The van der Waals surface area contributed by atoms with Crippen LogP contribution in [-0.4, -0.2) is 6.61 Å². The summed E-state index contributed by atoms with van der Waals surface area (Å²) in [6.07, 6.45) is 0. The Balaban J connectivity index is 2.03. The van der Waals surface area contributed by atoms with E-state index in [1.165, 1.54) is 5.56 Å². The second-order valence-corrected chi connectivity index (χ2v) is 5.71. The minimum absolute atomic E-state index is 0.399. The standard InChI is InChI=1S/C18H17BrO/c1-14(2)17-13-16(19)10-11-18(17)20-12-6-9-15-7-4-3-5-8-15/h3-5,7-8,10-11,13-14H,12H2,1-2H3. The van der Waals surface area contributed by atoms with Gasteiger partial charge in [-0.05, 0) is 41.8 Å². The van der Waals surface area contributed by atoms with Crippen molar-refractivity contribution in [1.29, 1.82) is 0 Å². The fourth-order valence-electron chi connectivity index (χ4n) is 1.88. The first-order chi connectivity index (χ1) is 9.66. The maximum Gasteiger partial charge on any atom is 0.149 e. The van der Waals surface area contributed by atoms with E-state index in [4.69, 9.17) is 4.74 Å². The van der Waals surface area contributed by atoms with Gasteiger partial charge in [-0.1, -0.05) is 59.8 Å². The molecule has 0 amide bonds. The highest BCUT2D eigenvalue weighted by Gasteiger charge is 2.07. The lowest BCUT2D eigenvalue weighted by Crippen LogP contribution is -1.99. The van der Waals surface area contributed by atoms with Gasteiger partial charge in [0.05, 0.1) is 0 Å². The Morgan fingerprint density at radius 3 is 2.55 bits per heavy atom. The summed E-state index contributed by atoms with van der Waals surface area (Å²) in [6, 6.07) is 16.0. The van der Waals surface area contributed by atoms with Crippen molar-refractivity contribution in [2.45, 2.75) is 19.8 Å². The maximum absolute atomic E-state index is 5.78. The molecule has 0 heterocycles. The van der Waals surface area contributed by atoms with Gasteiger partial charge in [-0.25, -0.2) is 0 Å². The third-order valence-electron chi connectivity index (χ3n) is 2.90. The molecular formula is C18H17BrO. The Labute approximate surface area is 129 Å². The molecule has 0 aliphatic carbocycles. The van der Waals surface area contributed by atoms with E-state index in [9.17, 15) is 0 Å². The Bertz CT molecular complexity index is 621. The van der Waals surface area contributed by atoms with Crippen LogP contribution in [0.3, 0.4) is 0 Å². The van der Waals surface area contributed by atoms with Crippen molar-refractivity contribution in [2.75, 3.05) is 6.61 Å². The lowest BCUT2D eigenvalue weighted by Gasteiger charge is -2.12. The predicted molar refractivity (Wildman–Crippen MR) is 87.0 cm³/mol. The van der Waals surface area contributed by atoms with Gasteiger partial charge in [0.1, 0.15) is 12.4 Å². The molecule has 2 aromatic carbocycles.